The van der Waals surface area contributed by atoms with Gasteiger partial charge in [-0.05, 0) is 49.2 Å². The van der Waals surface area contributed by atoms with E-state index in [0.29, 0.717) is 9.95 Å². The number of thioether (sulfide) groups is 1. The predicted molar refractivity (Wildman–Crippen MR) is 106 cm³/mol. The zero-order valence-electron chi connectivity index (χ0n) is 14.7. The minimum atomic E-state index is -0.573. The van der Waals surface area contributed by atoms with Gasteiger partial charge in [-0.3, -0.25) is 0 Å². The van der Waals surface area contributed by atoms with E-state index in [1.807, 2.05) is 36.4 Å². The zero-order chi connectivity index (χ0) is 18.5. The molecule has 1 aliphatic heterocycles. The van der Waals surface area contributed by atoms with Crippen molar-refractivity contribution >= 4 is 34.5 Å². The van der Waals surface area contributed by atoms with Gasteiger partial charge in [0.2, 0.25) is 0 Å². The molecule has 1 aromatic heterocycles. The minimum absolute atomic E-state index is 0.105. The van der Waals surface area contributed by atoms with Crippen molar-refractivity contribution in [2.75, 3.05) is 6.61 Å². The van der Waals surface area contributed by atoms with Gasteiger partial charge in [0.1, 0.15) is 16.4 Å². The van der Waals surface area contributed by atoms with E-state index in [-0.39, 0.29) is 17.9 Å². The Hall–Kier alpha value is -2.73. The number of nitrogens with zero attached hydrogens (tertiary/aromatic N) is 1. The number of aromatic nitrogens is 1. The Kier molecular flexibility index (Phi) is 5.63. The highest BCUT2D eigenvalue weighted by Crippen LogP contribution is 2.40. The van der Waals surface area contributed by atoms with E-state index < -0.39 is 5.97 Å². The van der Waals surface area contributed by atoms with Crippen molar-refractivity contribution in [3.8, 4) is 0 Å². The monoisotopic (exact) mass is 368 g/mol. The second-order valence-corrected chi connectivity index (χ2v) is 6.65. The number of aryl methyl sites for hydroxylation is 1. The maximum atomic E-state index is 12.3. The average Bonchev–Trinajstić information content (AvgIpc) is 3.25. The Morgan fingerprint density at radius 3 is 2.65 bits per heavy atom. The molecule has 0 fully saturated rings. The van der Waals surface area contributed by atoms with Crippen LogP contribution in [0.15, 0.2) is 63.8 Å². The maximum Gasteiger partial charge on any atom is 0.344 e. The number of aromatic amines is 1. The number of aliphatic imine (C=N–C) groups is 1. The zero-order valence-corrected chi connectivity index (χ0v) is 15.5. The van der Waals surface area contributed by atoms with Gasteiger partial charge in [-0.15, -0.1) is 0 Å². The van der Waals surface area contributed by atoms with Gasteiger partial charge in [-0.25, -0.2) is 9.79 Å². The summed E-state index contributed by atoms with van der Waals surface area (Å²) in [5.41, 5.74) is 2.87. The first-order valence-corrected chi connectivity index (χ1v) is 9.25. The number of aliphatic hydroxyl groups excluding tert-OH is 1. The molecular weight excluding hydrogens is 348 g/mol. The quantitative estimate of drug-likeness (QED) is 0.746. The molecule has 0 radical (unpaired) electrons. The molecule has 1 aliphatic rings. The fraction of sp³-hybridized carbons (Fsp3) is 0.200. The number of benzene rings is 1. The van der Waals surface area contributed by atoms with Crippen LogP contribution in [0, 0.1) is 0 Å². The fourth-order valence-electron chi connectivity index (χ4n) is 2.49. The smallest absolute Gasteiger partial charge is 0.344 e. The topological polar surface area (TPSA) is 74.7 Å². The Labute approximate surface area is 156 Å². The number of rotatable bonds is 5. The number of hydrogen-bond donors (Lipinski definition) is 2. The van der Waals surface area contributed by atoms with Crippen LogP contribution in [-0.4, -0.2) is 27.7 Å². The summed E-state index contributed by atoms with van der Waals surface area (Å²) in [6.07, 6.45) is 4.52. The lowest BCUT2D eigenvalue weighted by molar-refractivity contribution is -0.138. The molecule has 0 unspecified atom stereocenters. The highest BCUT2D eigenvalue weighted by Gasteiger charge is 2.33. The van der Waals surface area contributed by atoms with Crippen molar-refractivity contribution in [1.82, 2.24) is 4.98 Å². The molecule has 0 spiro atoms. The molecule has 0 atom stereocenters. The Morgan fingerprint density at radius 1 is 1.27 bits per heavy atom. The van der Waals surface area contributed by atoms with Gasteiger partial charge in [0.25, 0.3) is 0 Å². The third-order valence-corrected chi connectivity index (χ3v) is 4.87. The van der Waals surface area contributed by atoms with E-state index >= 15 is 0 Å². The summed E-state index contributed by atoms with van der Waals surface area (Å²) >= 11 is 1.25. The number of H-pyrrole nitrogens is 1. The molecule has 2 N–H and O–H groups in total. The molecule has 2 heterocycles. The van der Waals surface area contributed by atoms with Gasteiger partial charge < -0.3 is 14.8 Å². The third kappa shape index (κ3) is 3.91. The second-order valence-electron chi connectivity index (χ2n) is 5.62. The Morgan fingerprint density at radius 2 is 2.04 bits per heavy atom. The van der Waals surface area contributed by atoms with Crippen molar-refractivity contribution in [1.29, 1.82) is 0 Å². The van der Waals surface area contributed by atoms with Crippen molar-refractivity contribution in [2.45, 2.75) is 20.3 Å². The number of hydrogen-bond acceptors (Lipinski definition) is 5. The van der Waals surface area contributed by atoms with Gasteiger partial charge in [-0.1, -0.05) is 30.8 Å². The van der Waals surface area contributed by atoms with Crippen LogP contribution in [0.4, 0.5) is 5.69 Å². The summed E-state index contributed by atoms with van der Waals surface area (Å²) in [4.78, 5) is 20.5. The van der Waals surface area contributed by atoms with Crippen LogP contribution >= 0.6 is 11.8 Å². The molecule has 0 saturated carbocycles. The Bertz CT molecular complexity index is 878. The first-order chi connectivity index (χ1) is 12.6. The molecule has 0 amide bonds. The Balaban J connectivity index is 1.99. The molecule has 26 heavy (non-hydrogen) atoms. The van der Waals surface area contributed by atoms with E-state index in [1.54, 1.807) is 19.2 Å². The van der Waals surface area contributed by atoms with E-state index in [9.17, 15) is 9.90 Å². The number of carbonyl (C=O) groups is 1. The fourth-order valence-corrected chi connectivity index (χ4v) is 3.52. The standard InChI is InChI=1S/C20H20N2O3S/c1-3-13-7-9-14(10-8-13)22-19-17(20(24)25-4-2)18(23)16(26-19)12-15-6-5-11-21-15/h5-12,21,23H,3-4H2,1-2H3/b16-12-,22-19?. The summed E-state index contributed by atoms with van der Waals surface area (Å²) in [5.74, 6) is -0.678. The summed E-state index contributed by atoms with van der Waals surface area (Å²) in [5, 5.41) is 11.0. The number of ether oxygens (including phenoxy) is 1. The third-order valence-electron chi connectivity index (χ3n) is 3.85. The van der Waals surface area contributed by atoms with Crippen molar-refractivity contribution in [3.63, 3.8) is 0 Å². The normalized spacial score (nSPS) is 17.3. The lowest BCUT2D eigenvalue weighted by Gasteiger charge is -2.04. The predicted octanol–water partition coefficient (Wildman–Crippen LogP) is 4.77. The van der Waals surface area contributed by atoms with E-state index in [1.165, 1.54) is 17.3 Å². The second kappa shape index (κ2) is 8.10. The van der Waals surface area contributed by atoms with Crippen molar-refractivity contribution < 1.29 is 14.6 Å². The number of aliphatic hydroxyl groups is 1. The molecule has 0 saturated heterocycles. The van der Waals surface area contributed by atoms with Gasteiger partial charge in [-0.2, -0.15) is 0 Å². The molecule has 6 heteroatoms. The first-order valence-electron chi connectivity index (χ1n) is 8.44. The van der Waals surface area contributed by atoms with Gasteiger partial charge in [0.05, 0.1) is 17.2 Å². The van der Waals surface area contributed by atoms with Crippen LogP contribution in [0.3, 0.4) is 0 Å². The molecule has 1 aromatic carbocycles. The average molecular weight is 368 g/mol. The highest BCUT2D eigenvalue weighted by molar-refractivity contribution is 8.18. The molecule has 0 aliphatic carbocycles. The first kappa shape index (κ1) is 18.1. The molecule has 134 valence electrons. The largest absolute Gasteiger partial charge is 0.506 e. The highest BCUT2D eigenvalue weighted by atomic mass is 32.2. The van der Waals surface area contributed by atoms with Gasteiger partial charge in [0.15, 0.2) is 0 Å². The maximum absolute atomic E-state index is 12.3. The van der Waals surface area contributed by atoms with E-state index in [2.05, 4.69) is 16.9 Å². The van der Waals surface area contributed by atoms with Crippen LogP contribution in [-0.2, 0) is 16.0 Å². The number of carbonyl (C=O) groups excluding carboxylic acids is 1. The molecular formula is C20H20N2O3S. The summed E-state index contributed by atoms with van der Waals surface area (Å²) < 4.78 is 5.10. The number of esters is 1. The summed E-state index contributed by atoms with van der Waals surface area (Å²) in [7, 11) is 0. The van der Waals surface area contributed by atoms with Crippen molar-refractivity contribution in [3.05, 3.63) is 70.1 Å². The van der Waals surface area contributed by atoms with Crippen molar-refractivity contribution in [2.24, 2.45) is 4.99 Å². The lowest BCUT2D eigenvalue weighted by atomic mass is 10.1. The van der Waals surface area contributed by atoms with E-state index in [4.69, 9.17) is 4.74 Å². The van der Waals surface area contributed by atoms with E-state index in [0.717, 1.165) is 17.8 Å². The molecule has 3 rings (SSSR count). The van der Waals surface area contributed by atoms with Crippen LogP contribution in [0.25, 0.3) is 6.08 Å². The molecule has 0 bridgehead atoms. The van der Waals surface area contributed by atoms with Gasteiger partial charge >= 0.3 is 5.97 Å². The lowest BCUT2D eigenvalue weighted by Crippen LogP contribution is -2.12. The SMILES string of the molecule is CCOC(=O)C1=C(O)/C(=C/c2ccc[nH]2)SC1=Nc1ccc(CC)cc1. The van der Waals surface area contributed by atoms with Crippen LogP contribution in [0.1, 0.15) is 25.1 Å². The van der Waals surface area contributed by atoms with Crippen LogP contribution < -0.4 is 0 Å². The van der Waals surface area contributed by atoms with Gasteiger partial charge in [0, 0.05) is 11.9 Å². The molecule has 5 nitrogen and oxygen atoms in total. The summed E-state index contributed by atoms with van der Waals surface area (Å²) in [6.45, 7) is 4.05. The minimum Gasteiger partial charge on any atom is -0.506 e. The van der Waals surface area contributed by atoms with Crippen LogP contribution in [0.5, 0.6) is 0 Å². The molecule has 2 aromatic rings. The van der Waals surface area contributed by atoms with Crippen LogP contribution in [0.2, 0.25) is 0 Å². The summed E-state index contributed by atoms with van der Waals surface area (Å²) in [6, 6.07) is 11.6. The number of nitrogens with one attached hydrogen (secondary N) is 1.